The van der Waals surface area contributed by atoms with E-state index in [-0.39, 0.29) is 17.4 Å². The number of rotatable bonds is 4. The van der Waals surface area contributed by atoms with E-state index in [1.54, 1.807) is 0 Å². The van der Waals surface area contributed by atoms with Crippen LogP contribution in [0.4, 0.5) is 0 Å². The topological polar surface area (TPSA) is 80.3 Å². The number of aliphatic hydroxyl groups is 1. The molecule has 2 heterocycles. The fourth-order valence-electron chi connectivity index (χ4n) is 3.77. The van der Waals surface area contributed by atoms with Crippen molar-refractivity contribution in [3.05, 3.63) is 34.8 Å². The van der Waals surface area contributed by atoms with Gasteiger partial charge in [-0.3, -0.25) is 9.36 Å². The lowest BCUT2D eigenvalue weighted by molar-refractivity contribution is 0.00190. The van der Waals surface area contributed by atoms with Gasteiger partial charge in [0.1, 0.15) is 5.76 Å². The zero-order valence-electron chi connectivity index (χ0n) is 15.4. The average Bonchev–Trinajstić information content (AvgIpc) is 3.11. The molecule has 1 aliphatic carbocycles. The van der Waals surface area contributed by atoms with E-state index < -0.39 is 0 Å². The standard InChI is InChI=1S/C19H27N3O3/c1-12-9-15(14(3)22(12)17-10-13(2)25-21-17)18(24)20-11-19(4)8-6-5-7-16(19)23/h9-10,16,23H,5-8,11H2,1-4H3,(H,20,24). The Morgan fingerprint density at radius 3 is 2.80 bits per heavy atom. The molecule has 2 aromatic rings. The second kappa shape index (κ2) is 6.67. The Labute approximate surface area is 148 Å². The van der Waals surface area contributed by atoms with Gasteiger partial charge in [0.25, 0.3) is 5.91 Å². The molecule has 136 valence electrons. The van der Waals surface area contributed by atoms with E-state index >= 15 is 0 Å². The second-order valence-corrected chi connectivity index (χ2v) is 7.51. The van der Waals surface area contributed by atoms with Crippen molar-refractivity contribution in [2.45, 2.75) is 59.5 Å². The van der Waals surface area contributed by atoms with Gasteiger partial charge in [0.05, 0.1) is 11.7 Å². The summed E-state index contributed by atoms with van der Waals surface area (Å²) >= 11 is 0. The smallest absolute Gasteiger partial charge is 0.253 e. The number of amides is 1. The molecule has 1 saturated carbocycles. The maximum absolute atomic E-state index is 12.7. The first kappa shape index (κ1) is 17.7. The van der Waals surface area contributed by atoms with E-state index in [2.05, 4.69) is 17.4 Å². The Balaban J connectivity index is 1.77. The molecule has 6 heteroatoms. The Morgan fingerprint density at radius 1 is 1.40 bits per heavy atom. The van der Waals surface area contributed by atoms with Gasteiger partial charge in [0.2, 0.25) is 0 Å². The van der Waals surface area contributed by atoms with Crippen molar-refractivity contribution in [2.75, 3.05) is 6.54 Å². The third-order valence-electron chi connectivity index (χ3n) is 5.45. The molecule has 3 rings (SSSR count). The van der Waals surface area contributed by atoms with E-state index in [1.165, 1.54) is 0 Å². The first-order valence-electron chi connectivity index (χ1n) is 8.91. The van der Waals surface area contributed by atoms with E-state index in [0.29, 0.717) is 17.9 Å². The zero-order chi connectivity index (χ0) is 18.2. The van der Waals surface area contributed by atoms with Crippen LogP contribution in [-0.2, 0) is 0 Å². The number of nitrogens with zero attached hydrogens (tertiary/aromatic N) is 2. The summed E-state index contributed by atoms with van der Waals surface area (Å²) in [6.45, 7) is 8.23. The summed E-state index contributed by atoms with van der Waals surface area (Å²) in [6.07, 6.45) is 3.55. The Kier molecular flexibility index (Phi) is 4.73. The quantitative estimate of drug-likeness (QED) is 0.892. The van der Waals surface area contributed by atoms with Crippen LogP contribution in [0.1, 0.15) is 60.1 Å². The molecule has 2 aromatic heterocycles. The molecular formula is C19H27N3O3. The Morgan fingerprint density at radius 2 is 2.16 bits per heavy atom. The number of nitrogens with one attached hydrogen (secondary N) is 1. The zero-order valence-corrected chi connectivity index (χ0v) is 15.4. The average molecular weight is 345 g/mol. The van der Waals surface area contributed by atoms with Gasteiger partial charge in [0.15, 0.2) is 5.82 Å². The first-order valence-corrected chi connectivity index (χ1v) is 8.91. The summed E-state index contributed by atoms with van der Waals surface area (Å²) in [5, 5.41) is 17.4. The lowest BCUT2D eigenvalue weighted by Crippen LogP contribution is -2.45. The number of aryl methyl sites for hydroxylation is 2. The minimum atomic E-state index is -0.355. The molecule has 2 N–H and O–H groups in total. The number of hydrogen-bond acceptors (Lipinski definition) is 4. The highest BCUT2D eigenvalue weighted by Crippen LogP contribution is 2.35. The number of aliphatic hydroxyl groups excluding tert-OH is 1. The van der Waals surface area contributed by atoms with Gasteiger partial charge in [-0.1, -0.05) is 24.9 Å². The Bertz CT molecular complexity index is 777. The molecule has 0 bridgehead atoms. The molecule has 0 radical (unpaired) electrons. The first-order chi connectivity index (χ1) is 11.8. The lowest BCUT2D eigenvalue weighted by atomic mass is 9.73. The van der Waals surface area contributed by atoms with Crippen molar-refractivity contribution in [1.82, 2.24) is 15.0 Å². The van der Waals surface area contributed by atoms with Crippen LogP contribution in [0.5, 0.6) is 0 Å². The largest absolute Gasteiger partial charge is 0.392 e. The third-order valence-corrected chi connectivity index (χ3v) is 5.45. The molecule has 25 heavy (non-hydrogen) atoms. The summed E-state index contributed by atoms with van der Waals surface area (Å²) in [5.74, 6) is 1.30. The monoisotopic (exact) mass is 345 g/mol. The predicted octanol–water partition coefficient (Wildman–Crippen LogP) is 3.06. The van der Waals surface area contributed by atoms with Crippen molar-refractivity contribution in [2.24, 2.45) is 5.41 Å². The molecule has 1 aliphatic rings. The van der Waals surface area contributed by atoms with Gasteiger partial charge >= 0.3 is 0 Å². The van der Waals surface area contributed by atoms with Gasteiger partial charge in [-0.2, -0.15) is 0 Å². The third kappa shape index (κ3) is 3.35. The number of carbonyl (C=O) groups is 1. The van der Waals surface area contributed by atoms with Crippen LogP contribution in [0.2, 0.25) is 0 Å². The summed E-state index contributed by atoms with van der Waals surface area (Å²) < 4.78 is 7.07. The lowest BCUT2D eigenvalue weighted by Gasteiger charge is -2.38. The number of hydrogen-bond donors (Lipinski definition) is 2. The number of carbonyl (C=O) groups excluding carboxylic acids is 1. The van der Waals surface area contributed by atoms with E-state index in [9.17, 15) is 9.90 Å². The molecule has 2 unspecified atom stereocenters. The maximum atomic E-state index is 12.7. The van der Waals surface area contributed by atoms with E-state index in [4.69, 9.17) is 4.52 Å². The van der Waals surface area contributed by atoms with E-state index in [0.717, 1.165) is 42.8 Å². The molecule has 1 amide bonds. The molecule has 0 aliphatic heterocycles. The van der Waals surface area contributed by atoms with Crippen LogP contribution in [0.15, 0.2) is 16.7 Å². The van der Waals surface area contributed by atoms with Crippen LogP contribution in [0, 0.1) is 26.2 Å². The van der Waals surface area contributed by atoms with Gasteiger partial charge in [-0.15, -0.1) is 0 Å². The predicted molar refractivity (Wildman–Crippen MR) is 95.0 cm³/mol. The molecular weight excluding hydrogens is 318 g/mol. The maximum Gasteiger partial charge on any atom is 0.253 e. The summed E-state index contributed by atoms with van der Waals surface area (Å²) in [5.41, 5.74) is 2.15. The molecule has 0 saturated heterocycles. The normalized spacial score (nSPS) is 23.6. The molecule has 0 aromatic carbocycles. The molecule has 1 fully saturated rings. The van der Waals surface area contributed by atoms with Gasteiger partial charge in [-0.05, 0) is 39.7 Å². The molecule has 0 spiro atoms. The second-order valence-electron chi connectivity index (χ2n) is 7.51. The van der Waals surface area contributed by atoms with Crippen LogP contribution in [0.3, 0.4) is 0 Å². The fraction of sp³-hybridized carbons (Fsp3) is 0.579. The summed E-state index contributed by atoms with van der Waals surface area (Å²) in [6, 6.07) is 3.72. The van der Waals surface area contributed by atoms with Crippen molar-refractivity contribution in [1.29, 1.82) is 0 Å². The molecule has 2 atom stereocenters. The van der Waals surface area contributed by atoms with Crippen LogP contribution in [0.25, 0.3) is 5.82 Å². The van der Waals surface area contributed by atoms with Crippen LogP contribution < -0.4 is 5.32 Å². The van der Waals surface area contributed by atoms with Gasteiger partial charge in [0, 0.05) is 29.4 Å². The van der Waals surface area contributed by atoms with Crippen LogP contribution in [-0.4, -0.2) is 33.4 Å². The van der Waals surface area contributed by atoms with Crippen molar-refractivity contribution in [3.8, 4) is 5.82 Å². The number of aromatic nitrogens is 2. The Hall–Kier alpha value is -2.08. The highest BCUT2D eigenvalue weighted by Gasteiger charge is 2.35. The highest BCUT2D eigenvalue weighted by molar-refractivity contribution is 5.95. The van der Waals surface area contributed by atoms with Crippen molar-refractivity contribution < 1.29 is 14.4 Å². The minimum Gasteiger partial charge on any atom is -0.392 e. The van der Waals surface area contributed by atoms with Crippen molar-refractivity contribution >= 4 is 5.91 Å². The molecule has 6 nitrogen and oxygen atoms in total. The van der Waals surface area contributed by atoms with Crippen molar-refractivity contribution in [3.63, 3.8) is 0 Å². The van der Waals surface area contributed by atoms with Gasteiger partial charge in [-0.25, -0.2) is 0 Å². The van der Waals surface area contributed by atoms with Gasteiger partial charge < -0.3 is 14.9 Å². The fourth-order valence-corrected chi connectivity index (χ4v) is 3.77. The van der Waals surface area contributed by atoms with Crippen LogP contribution >= 0.6 is 0 Å². The summed E-state index contributed by atoms with van der Waals surface area (Å²) in [4.78, 5) is 12.7. The van der Waals surface area contributed by atoms with E-state index in [1.807, 2.05) is 37.5 Å². The highest BCUT2D eigenvalue weighted by atomic mass is 16.5. The minimum absolute atomic E-state index is 0.112. The SMILES string of the molecule is Cc1cc(-n2c(C)cc(C(=O)NCC3(C)CCCCC3O)c2C)no1. The summed E-state index contributed by atoms with van der Waals surface area (Å²) in [7, 11) is 0.